The van der Waals surface area contributed by atoms with Gasteiger partial charge in [0.05, 0.1) is 10.6 Å². The minimum Gasteiger partial charge on any atom is -0.317 e. The van der Waals surface area contributed by atoms with Crippen LogP contribution in [0.4, 0.5) is 0 Å². The highest BCUT2D eigenvalue weighted by molar-refractivity contribution is 7.99. The lowest BCUT2D eigenvalue weighted by molar-refractivity contribution is -0.133. The second-order valence-corrected chi connectivity index (χ2v) is 8.64. The van der Waals surface area contributed by atoms with Gasteiger partial charge in [0.2, 0.25) is 0 Å². The lowest BCUT2D eigenvalue weighted by Gasteiger charge is -2.21. The van der Waals surface area contributed by atoms with E-state index in [2.05, 4.69) is 0 Å². The smallest absolute Gasteiger partial charge is 0.264 e. The zero-order valence-electron chi connectivity index (χ0n) is 13.0. The van der Waals surface area contributed by atoms with Gasteiger partial charge in [0, 0.05) is 9.79 Å². The maximum Gasteiger partial charge on any atom is 0.264 e. The van der Waals surface area contributed by atoms with E-state index in [9.17, 15) is 13.2 Å². The van der Waals surface area contributed by atoms with Crippen LogP contribution in [-0.4, -0.2) is 30.8 Å². The predicted molar refractivity (Wildman–Crippen MR) is 91.6 cm³/mol. The molecule has 0 radical (unpaired) electrons. The summed E-state index contributed by atoms with van der Waals surface area (Å²) in [7, 11) is -3.77. The molecule has 1 unspecified atom stereocenters. The lowest BCUT2D eigenvalue weighted by atomic mass is 10.1. The molecule has 2 aromatic rings. The molecule has 128 valence electrons. The first-order valence-electron chi connectivity index (χ1n) is 7.04. The van der Waals surface area contributed by atoms with Gasteiger partial charge in [0.1, 0.15) is 5.54 Å². The monoisotopic (exact) mass is 366 g/mol. The fourth-order valence-corrected chi connectivity index (χ4v) is 4.49. The Morgan fingerprint density at radius 1 is 1.12 bits per heavy atom. The summed E-state index contributed by atoms with van der Waals surface area (Å²) in [6.45, 7) is 1.25. The largest absolute Gasteiger partial charge is 0.317 e. The standard InChI is InChI=1S/C16H18N2O4S2/c1-16(17,15(19)18-20)11-24(21,22)14-9-7-13(8-10-14)23-12-5-3-2-4-6-12/h2-10,20H,11,17H2,1H3,(H,18,19). The van der Waals surface area contributed by atoms with Crippen molar-refractivity contribution in [2.45, 2.75) is 27.1 Å². The quantitative estimate of drug-likeness (QED) is 0.531. The topological polar surface area (TPSA) is 109 Å². The maximum atomic E-state index is 12.4. The van der Waals surface area contributed by atoms with Gasteiger partial charge in [-0.3, -0.25) is 10.0 Å². The van der Waals surface area contributed by atoms with E-state index in [1.807, 2.05) is 30.3 Å². The van der Waals surface area contributed by atoms with Crippen LogP contribution < -0.4 is 11.2 Å². The van der Waals surface area contributed by atoms with E-state index in [4.69, 9.17) is 10.9 Å². The molecule has 0 heterocycles. The van der Waals surface area contributed by atoms with Crippen LogP contribution in [-0.2, 0) is 14.6 Å². The number of hydrogen-bond acceptors (Lipinski definition) is 6. The van der Waals surface area contributed by atoms with Gasteiger partial charge in [-0.15, -0.1) is 0 Å². The van der Waals surface area contributed by atoms with Gasteiger partial charge < -0.3 is 5.73 Å². The SMILES string of the molecule is CC(N)(CS(=O)(=O)c1ccc(Sc2ccccc2)cc1)C(=O)NO. The average molecular weight is 366 g/mol. The molecule has 6 nitrogen and oxygen atoms in total. The molecule has 1 amide bonds. The molecule has 0 aliphatic heterocycles. The molecule has 0 aromatic heterocycles. The third-order valence-corrected chi connectivity index (χ3v) is 6.26. The van der Waals surface area contributed by atoms with E-state index >= 15 is 0 Å². The number of hydrogen-bond donors (Lipinski definition) is 3. The molecule has 0 spiro atoms. The maximum absolute atomic E-state index is 12.4. The van der Waals surface area contributed by atoms with E-state index < -0.39 is 27.0 Å². The number of rotatable bonds is 6. The van der Waals surface area contributed by atoms with Gasteiger partial charge in [0.15, 0.2) is 9.84 Å². The van der Waals surface area contributed by atoms with Gasteiger partial charge in [-0.25, -0.2) is 13.9 Å². The first kappa shape index (κ1) is 18.5. The van der Waals surface area contributed by atoms with Crippen molar-refractivity contribution in [3.05, 3.63) is 54.6 Å². The fraction of sp³-hybridized carbons (Fsp3) is 0.188. The van der Waals surface area contributed by atoms with Gasteiger partial charge >= 0.3 is 0 Å². The van der Waals surface area contributed by atoms with Crippen molar-refractivity contribution in [1.82, 2.24) is 5.48 Å². The van der Waals surface area contributed by atoms with Crippen molar-refractivity contribution < 1.29 is 18.4 Å². The third kappa shape index (κ3) is 4.57. The van der Waals surface area contributed by atoms with E-state index in [0.29, 0.717) is 0 Å². The van der Waals surface area contributed by atoms with Crippen LogP contribution >= 0.6 is 11.8 Å². The average Bonchev–Trinajstić information content (AvgIpc) is 2.54. The van der Waals surface area contributed by atoms with Gasteiger partial charge in [-0.05, 0) is 43.3 Å². The first-order valence-corrected chi connectivity index (χ1v) is 9.51. The molecule has 0 aliphatic carbocycles. The summed E-state index contributed by atoms with van der Waals surface area (Å²) in [5.41, 5.74) is 5.32. The molecule has 2 rings (SSSR count). The molecule has 0 saturated carbocycles. The fourth-order valence-electron chi connectivity index (χ4n) is 2.01. The molecule has 2 aromatic carbocycles. The summed E-state index contributed by atoms with van der Waals surface area (Å²) in [5.74, 6) is -1.57. The number of sulfone groups is 1. The van der Waals surface area contributed by atoms with Crippen molar-refractivity contribution in [2.75, 3.05) is 5.75 Å². The Balaban J connectivity index is 2.16. The van der Waals surface area contributed by atoms with Crippen molar-refractivity contribution in [3.63, 3.8) is 0 Å². The van der Waals surface area contributed by atoms with Gasteiger partial charge in [-0.2, -0.15) is 0 Å². The van der Waals surface area contributed by atoms with E-state index in [-0.39, 0.29) is 4.90 Å². The summed E-state index contributed by atoms with van der Waals surface area (Å²) in [5, 5.41) is 8.64. The zero-order valence-corrected chi connectivity index (χ0v) is 14.6. The van der Waals surface area contributed by atoms with E-state index in [1.54, 1.807) is 12.1 Å². The lowest BCUT2D eigenvalue weighted by Crippen LogP contribution is -2.55. The molecular weight excluding hydrogens is 348 g/mol. The first-order chi connectivity index (χ1) is 11.2. The molecule has 0 aliphatic rings. The Morgan fingerprint density at radius 2 is 1.67 bits per heavy atom. The zero-order chi connectivity index (χ0) is 17.8. The van der Waals surface area contributed by atoms with Crippen molar-refractivity contribution in [3.8, 4) is 0 Å². The van der Waals surface area contributed by atoms with E-state index in [1.165, 1.54) is 36.3 Å². The summed E-state index contributed by atoms with van der Waals surface area (Å²) in [4.78, 5) is 13.5. The van der Waals surface area contributed by atoms with Crippen LogP contribution in [0.5, 0.6) is 0 Å². The Bertz CT molecular complexity index is 804. The highest BCUT2D eigenvalue weighted by atomic mass is 32.2. The van der Waals surface area contributed by atoms with Crippen LogP contribution in [0.1, 0.15) is 6.92 Å². The number of carbonyl (C=O) groups excluding carboxylic acids is 1. The Morgan fingerprint density at radius 3 is 2.21 bits per heavy atom. The predicted octanol–water partition coefficient (Wildman–Crippen LogP) is 1.83. The second kappa shape index (κ2) is 7.35. The summed E-state index contributed by atoms with van der Waals surface area (Å²) in [6, 6.07) is 16.1. The normalized spacial score (nSPS) is 14.0. The summed E-state index contributed by atoms with van der Waals surface area (Å²) in [6.07, 6.45) is 0. The van der Waals surface area contributed by atoms with Crippen LogP contribution in [0.2, 0.25) is 0 Å². The van der Waals surface area contributed by atoms with Crippen molar-refractivity contribution in [1.29, 1.82) is 0 Å². The minimum absolute atomic E-state index is 0.0716. The highest BCUT2D eigenvalue weighted by Gasteiger charge is 2.34. The minimum atomic E-state index is -3.77. The molecule has 0 bridgehead atoms. The van der Waals surface area contributed by atoms with Gasteiger partial charge in [0.25, 0.3) is 5.91 Å². The Hall–Kier alpha value is -1.87. The number of carbonyl (C=O) groups is 1. The van der Waals surface area contributed by atoms with Crippen molar-refractivity contribution >= 4 is 27.5 Å². The van der Waals surface area contributed by atoms with Crippen LogP contribution in [0, 0.1) is 0 Å². The number of nitrogens with two attached hydrogens (primary N) is 1. The van der Waals surface area contributed by atoms with Gasteiger partial charge in [-0.1, -0.05) is 30.0 Å². The third-order valence-electron chi connectivity index (χ3n) is 3.27. The number of nitrogens with one attached hydrogen (secondary N) is 1. The molecule has 8 heteroatoms. The Labute approximate surface area is 144 Å². The molecule has 0 saturated heterocycles. The molecular formula is C16H18N2O4S2. The van der Waals surface area contributed by atoms with E-state index in [0.717, 1.165) is 9.79 Å². The van der Waals surface area contributed by atoms with Crippen molar-refractivity contribution in [2.24, 2.45) is 5.73 Å². The highest BCUT2D eigenvalue weighted by Crippen LogP contribution is 2.28. The number of benzene rings is 2. The Kier molecular flexibility index (Phi) is 5.66. The molecule has 0 fully saturated rings. The van der Waals surface area contributed by atoms with Crippen LogP contribution in [0.25, 0.3) is 0 Å². The summed E-state index contributed by atoms with van der Waals surface area (Å²) < 4.78 is 24.8. The molecule has 24 heavy (non-hydrogen) atoms. The molecule has 4 N–H and O–H groups in total. The van der Waals surface area contributed by atoms with Crippen LogP contribution in [0.15, 0.2) is 69.3 Å². The number of amides is 1. The second-order valence-electron chi connectivity index (χ2n) is 5.50. The summed E-state index contributed by atoms with van der Waals surface area (Å²) >= 11 is 1.51. The molecule has 1 atom stereocenters. The van der Waals surface area contributed by atoms with Crippen LogP contribution in [0.3, 0.4) is 0 Å². The number of hydroxylamine groups is 1.